The summed E-state index contributed by atoms with van der Waals surface area (Å²) in [4.78, 5) is 24.5. The standard InChI is InChI=1S/C18H21N2O3/c1-2-13-20(15-9-5-3-6-10-15,16-11-7-4-8-12-16)18(22)23-17(21)14-19/h3-12H,2,13-14,19H2,1H3/q+1. The normalized spacial score (nSPS) is 11.0. The van der Waals surface area contributed by atoms with E-state index < -0.39 is 12.1 Å². The molecule has 2 rings (SSSR count). The van der Waals surface area contributed by atoms with E-state index in [0.717, 1.165) is 17.8 Å². The number of carbonyl (C=O) groups is 2. The number of rotatable bonds is 5. The molecule has 0 aliphatic rings. The number of quaternary nitrogens is 1. The van der Waals surface area contributed by atoms with Gasteiger partial charge in [0.05, 0.1) is 13.1 Å². The van der Waals surface area contributed by atoms with Crippen LogP contribution in [0.25, 0.3) is 0 Å². The van der Waals surface area contributed by atoms with Crippen LogP contribution in [0.2, 0.25) is 0 Å². The number of benzene rings is 2. The molecule has 0 aromatic heterocycles. The van der Waals surface area contributed by atoms with E-state index in [4.69, 9.17) is 10.5 Å². The van der Waals surface area contributed by atoms with Crippen LogP contribution in [-0.4, -0.2) is 25.2 Å². The maximum Gasteiger partial charge on any atom is 0.534 e. The lowest BCUT2D eigenvalue weighted by Gasteiger charge is -2.32. The molecule has 0 aliphatic carbocycles. The highest BCUT2D eigenvalue weighted by Crippen LogP contribution is 2.36. The molecule has 0 fully saturated rings. The molecule has 2 N–H and O–H groups in total. The number of nitrogens with zero attached hydrogens (tertiary/aromatic N) is 1. The van der Waals surface area contributed by atoms with Crippen molar-refractivity contribution in [1.82, 2.24) is 4.48 Å². The average Bonchev–Trinajstić information content (AvgIpc) is 2.61. The first kappa shape index (κ1) is 16.9. The fourth-order valence-corrected chi connectivity index (χ4v) is 2.63. The SMILES string of the molecule is CCC[N+](C(=O)OC(=O)CN)(c1ccccc1)c1ccccc1. The minimum Gasteiger partial charge on any atom is -0.344 e. The van der Waals surface area contributed by atoms with Crippen molar-refractivity contribution in [2.45, 2.75) is 13.3 Å². The van der Waals surface area contributed by atoms with Crippen molar-refractivity contribution in [2.24, 2.45) is 5.73 Å². The maximum atomic E-state index is 12.9. The molecule has 5 heteroatoms. The Labute approximate surface area is 135 Å². The molecule has 120 valence electrons. The number of para-hydroxylation sites is 2. The Morgan fingerprint density at radius 1 is 0.957 bits per heavy atom. The summed E-state index contributed by atoms with van der Waals surface area (Å²) in [5.74, 6) is -0.736. The number of carbonyl (C=O) groups excluding carboxylic acids is 2. The smallest absolute Gasteiger partial charge is 0.344 e. The second-order valence-corrected chi connectivity index (χ2v) is 5.15. The van der Waals surface area contributed by atoms with E-state index in [1.54, 1.807) is 0 Å². The monoisotopic (exact) mass is 313 g/mol. The molecule has 0 unspecified atom stereocenters. The average molecular weight is 313 g/mol. The van der Waals surface area contributed by atoms with Gasteiger partial charge in [-0.15, -0.1) is 0 Å². The first-order valence-corrected chi connectivity index (χ1v) is 7.59. The third-order valence-corrected chi connectivity index (χ3v) is 3.63. The predicted molar refractivity (Wildman–Crippen MR) is 90.0 cm³/mol. The highest BCUT2D eigenvalue weighted by Gasteiger charge is 2.44. The van der Waals surface area contributed by atoms with Gasteiger partial charge in [0.25, 0.3) is 0 Å². The molecule has 0 aliphatic heterocycles. The minimum atomic E-state index is -0.736. The van der Waals surface area contributed by atoms with Crippen LogP contribution in [0.5, 0.6) is 0 Å². The van der Waals surface area contributed by atoms with Crippen molar-refractivity contribution in [1.29, 1.82) is 0 Å². The summed E-state index contributed by atoms with van der Waals surface area (Å²) in [6.45, 7) is 2.13. The third-order valence-electron chi connectivity index (χ3n) is 3.63. The van der Waals surface area contributed by atoms with Gasteiger partial charge in [-0.1, -0.05) is 43.3 Å². The Balaban J connectivity index is 2.60. The van der Waals surface area contributed by atoms with Gasteiger partial charge >= 0.3 is 12.1 Å². The number of hydrogen-bond donors (Lipinski definition) is 1. The van der Waals surface area contributed by atoms with Crippen molar-refractivity contribution in [3.8, 4) is 0 Å². The first-order chi connectivity index (χ1) is 11.1. The Morgan fingerprint density at radius 3 is 1.83 bits per heavy atom. The molecule has 5 nitrogen and oxygen atoms in total. The topological polar surface area (TPSA) is 69.4 Å². The number of esters is 1. The van der Waals surface area contributed by atoms with E-state index in [0.29, 0.717) is 6.54 Å². The molecule has 23 heavy (non-hydrogen) atoms. The van der Waals surface area contributed by atoms with E-state index in [9.17, 15) is 9.59 Å². The Hall–Kier alpha value is -2.50. The molecule has 0 saturated heterocycles. The molecule has 1 amide bonds. The Kier molecular flexibility index (Phi) is 5.62. The van der Waals surface area contributed by atoms with E-state index in [1.807, 2.05) is 67.6 Å². The lowest BCUT2D eigenvalue weighted by Crippen LogP contribution is -2.51. The van der Waals surface area contributed by atoms with Crippen molar-refractivity contribution < 1.29 is 14.3 Å². The second-order valence-electron chi connectivity index (χ2n) is 5.15. The summed E-state index contributed by atoms with van der Waals surface area (Å²) in [6, 6.07) is 18.6. The van der Waals surface area contributed by atoms with Gasteiger partial charge in [-0.2, -0.15) is 9.28 Å². The molecular formula is C18H21N2O3+. The van der Waals surface area contributed by atoms with Crippen molar-refractivity contribution in [3.05, 3.63) is 60.7 Å². The molecule has 0 radical (unpaired) electrons. The summed E-state index contributed by atoms with van der Waals surface area (Å²) in [5, 5.41) is 0. The molecule has 0 heterocycles. The van der Waals surface area contributed by atoms with Crippen LogP contribution in [0.1, 0.15) is 13.3 Å². The lowest BCUT2D eigenvalue weighted by atomic mass is 10.1. The number of ether oxygens (including phenoxy) is 1. The van der Waals surface area contributed by atoms with Crippen LogP contribution in [0.3, 0.4) is 0 Å². The fraction of sp³-hybridized carbons (Fsp3) is 0.222. The first-order valence-electron chi connectivity index (χ1n) is 7.59. The quantitative estimate of drug-likeness (QED) is 0.522. The fourth-order valence-electron chi connectivity index (χ4n) is 2.63. The molecule has 0 bridgehead atoms. The molecule has 0 spiro atoms. The minimum absolute atomic E-state index is 0.177. The van der Waals surface area contributed by atoms with Gasteiger partial charge in [-0.25, -0.2) is 0 Å². The summed E-state index contributed by atoms with van der Waals surface area (Å²) >= 11 is 0. The van der Waals surface area contributed by atoms with Gasteiger partial charge in [-0.05, 0) is 6.42 Å². The van der Waals surface area contributed by atoms with E-state index in [1.165, 1.54) is 0 Å². The summed E-state index contributed by atoms with van der Waals surface area (Å²) in [7, 11) is 0. The van der Waals surface area contributed by atoms with Gasteiger partial charge in [0.2, 0.25) is 0 Å². The van der Waals surface area contributed by atoms with Crippen LogP contribution in [0, 0.1) is 0 Å². The van der Waals surface area contributed by atoms with E-state index in [2.05, 4.69) is 0 Å². The Morgan fingerprint density at radius 2 is 1.43 bits per heavy atom. The maximum absolute atomic E-state index is 12.9. The van der Waals surface area contributed by atoms with Crippen LogP contribution in [0.15, 0.2) is 60.7 Å². The van der Waals surface area contributed by atoms with Crippen LogP contribution < -0.4 is 10.2 Å². The largest absolute Gasteiger partial charge is 0.534 e. The van der Waals surface area contributed by atoms with E-state index in [-0.39, 0.29) is 11.0 Å². The van der Waals surface area contributed by atoms with Crippen molar-refractivity contribution in [3.63, 3.8) is 0 Å². The van der Waals surface area contributed by atoms with Crippen LogP contribution in [0.4, 0.5) is 16.2 Å². The summed E-state index contributed by atoms with van der Waals surface area (Å²) < 4.78 is 4.82. The van der Waals surface area contributed by atoms with Gasteiger partial charge in [0.15, 0.2) is 0 Å². The summed E-state index contributed by atoms with van der Waals surface area (Å²) in [6.07, 6.45) is 0.0927. The van der Waals surface area contributed by atoms with Gasteiger partial charge in [-0.3, -0.25) is 4.79 Å². The highest BCUT2D eigenvalue weighted by atomic mass is 16.6. The van der Waals surface area contributed by atoms with Crippen LogP contribution >= 0.6 is 0 Å². The van der Waals surface area contributed by atoms with Gasteiger partial charge in [0.1, 0.15) is 11.4 Å². The molecule has 2 aromatic rings. The molecule has 2 aromatic carbocycles. The zero-order chi connectivity index (χ0) is 16.7. The predicted octanol–water partition coefficient (Wildman–Crippen LogP) is 3.36. The van der Waals surface area contributed by atoms with Crippen molar-refractivity contribution >= 4 is 23.4 Å². The van der Waals surface area contributed by atoms with Crippen molar-refractivity contribution in [2.75, 3.05) is 13.1 Å². The second kappa shape index (κ2) is 7.67. The summed E-state index contributed by atoms with van der Waals surface area (Å²) in [5.41, 5.74) is 6.77. The highest BCUT2D eigenvalue weighted by molar-refractivity contribution is 5.96. The van der Waals surface area contributed by atoms with Gasteiger partial charge in [0, 0.05) is 24.3 Å². The van der Waals surface area contributed by atoms with Crippen LogP contribution in [-0.2, 0) is 9.53 Å². The molecule has 0 saturated carbocycles. The van der Waals surface area contributed by atoms with E-state index >= 15 is 0 Å². The lowest BCUT2D eigenvalue weighted by molar-refractivity contribution is -0.136. The molecular weight excluding hydrogens is 292 g/mol. The number of amides is 1. The number of nitrogens with two attached hydrogens (primary N) is 1. The molecule has 0 atom stereocenters. The zero-order valence-electron chi connectivity index (χ0n) is 13.1. The Bertz CT molecular complexity index is 617. The zero-order valence-corrected chi connectivity index (χ0v) is 13.1. The van der Waals surface area contributed by atoms with Gasteiger partial charge < -0.3 is 10.5 Å². The number of hydrogen-bond acceptors (Lipinski definition) is 4. The third kappa shape index (κ3) is 3.47.